The fourth-order valence-electron chi connectivity index (χ4n) is 2.46. The van der Waals surface area contributed by atoms with E-state index in [9.17, 15) is 4.79 Å². The number of fused-ring (bicyclic) bond motifs is 1. The second-order valence-electron chi connectivity index (χ2n) is 4.71. The Labute approximate surface area is 109 Å². The summed E-state index contributed by atoms with van der Waals surface area (Å²) >= 11 is 1.76. The van der Waals surface area contributed by atoms with Gasteiger partial charge in [-0.3, -0.25) is 9.69 Å². The molecule has 1 aromatic carbocycles. The number of thiazole rings is 1. The van der Waals surface area contributed by atoms with Crippen LogP contribution in [0.25, 0.3) is 10.2 Å². The van der Waals surface area contributed by atoms with Crippen molar-refractivity contribution >= 4 is 27.5 Å². The highest BCUT2D eigenvalue weighted by Crippen LogP contribution is 2.32. The predicted octanol–water partition coefficient (Wildman–Crippen LogP) is 1.57. The van der Waals surface area contributed by atoms with Gasteiger partial charge >= 0.3 is 0 Å². The van der Waals surface area contributed by atoms with Crippen LogP contribution in [0.3, 0.4) is 0 Å². The standard InChI is InChI=1S/C13H15N3OS/c14-12(17)8-16-6-5-9(7-16)13-15-10-3-1-2-4-11(10)18-13/h1-4,9H,5-8H2,(H2,14,17). The van der Waals surface area contributed by atoms with Gasteiger partial charge in [-0.1, -0.05) is 12.1 Å². The van der Waals surface area contributed by atoms with Crippen molar-refractivity contribution in [2.75, 3.05) is 19.6 Å². The number of nitrogens with two attached hydrogens (primary N) is 1. The average Bonchev–Trinajstić information content (AvgIpc) is 2.93. The first-order valence-electron chi connectivity index (χ1n) is 6.08. The maximum Gasteiger partial charge on any atom is 0.231 e. The van der Waals surface area contributed by atoms with E-state index in [4.69, 9.17) is 5.73 Å². The van der Waals surface area contributed by atoms with Gasteiger partial charge < -0.3 is 5.73 Å². The number of likely N-dealkylation sites (tertiary alicyclic amines) is 1. The van der Waals surface area contributed by atoms with E-state index in [1.807, 2.05) is 18.2 Å². The quantitative estimate of drug-likeness (QED) is 0.912. The molecule has 3 rings (SSSR count). The van der Waals surface area contributed by atoms with Crippen LogP contribution in [-0.4, -0.2) is 35.4 Å². The molecule has 0 spiro atoms. The number of aromatic nitrogens is 1. The molecule has 1 aliphatic rings. The van der Waals surface area contributed by atoms with Crippen molar-refractivity contribution in [3.63, 3.8) is 0 Å². The molecule has 5 heteroatoms. The normalized spacial score (nSPS) is 20.6. The molecule has 2 heterocycles. The zero-order valence-corrected chi connectivity index (χ0v) is 10.8. The van der Waals surface area contributed by atoms with Gasteiger partial charge in [0.2, 0.25) is 5.91 Å². The Bertz CT molecular complexity index is 547. The van der Waals surface area contributed by atoms with E-state index in [1.54, 1.807) is 11.3 Å². The van der Waals surface area contributed by atoms with E-state index >= 15 is 0 Å². The minimum atomic E-state index is -0.250. The molecular weight excluding hydrogens is 246 g/mol. The summed E-state index contributed by atoms with van der Waals surface area (Å²) in [4.78, 5) is 17.7. The van der Waals surface area contributed by atoms with Crippen LogP contribution < -0.4 is 5.73 Å². The zero-order chi connectivity index (χ0) is 12.5. The van der Waals surface area contributed by atoms with E-state index in [1.165, 1.54) is 9.71 Å². The Morgan fingerprint density at radius 1 is 1.50 bits per heavy atom. The third kappa shape index (κ3) is 2.23. The predicted molar refractivity (Wildman–Crippen MR) is 72.6 cm³/mol. The third-order valence-electron chi connectivity index (χ3n) is 3.31. The molecule has 0 radical (unpaired) electrons. The summed E-state index contributed by atoms with van der Waals surface area (Å²) in [6, 6.07) is 8.20. The maximum atomic E-state index is 10.9. The number of amides is 1. The van der Waals surface area contributed by atoms with Crippen LogP contribution in [0, 0.1) is 0 Å². The summed E-state index contributed by atoms with van der Waals surface area (Å²) in [5.41, 5.74) is 6.30. The van der Waals surface area contributed by atoms with Crippen LogP contribution in [0.1, 0.15) is 17.3 Å². The summed E-state index contributed by atoms with van der Waals surface area (Å²) in [5.74, 6) is 0.196. The summed E-state index contributed by atoms with van der Waals surface area (Å²) in [6.07, 6.45) is 1.06. The average molecular weight is 261 g/mol. The monoisotopic (exact) mass is 261 g/mol. The molecule has 1 atom stereocenters. The Morgan fingerprint density at radius 2 is 2.33 bits per heavy atom. The highest BCUT2D eigenvalue weighted by Gasteiger charge is 2.26. The van der Waals surface area contributed by atoms with E-state index < -0.39 is 0 Å². The molecule has 2 aromatic rings. The van der Waals surface area contributed by atoms with Gasteiger partial charge in [0, 0.05) is 12.5 Å². The Balaban J connectivity index is 1.77. The van der Waals surface area contributed by atoms with Gasteiger partial charge in [-0.05, 0) is 25.1 Å². The lowest BCUT2D eigenvalue weighted by Gasteiger charge is -2.12. The summed E-state index contributed by atoms with van der Waals surface area (Å²) in [7, 11) is 0. The lowest BCUT2D eigenvalue weighted by Crippen LogP contribution is -2.31. The molecule has 0 aliphatic carbocycles. The minimum absolute atomic E-state index is 0.250. The Kier molecular flexibility index (Phi) is 3.01. The molecule has 2 N–H and O–H groups in total. The molecule has 18 heavy (non-hydrogen) atoms. The van der Waals surface area contributed by atoms with Crippen LogP contribution in [0.4, 0.5) is 0 Å². The molecule has 1 unspecified atom stereocenters. The first-order chi connectivity index (χ1) is 8.72. The second kappa shape index (κ2) is 4.66. The van der Waals surface area contributed by atoms with Crippen molar-refractivity contribution in [3.8, 4) is 0 Å². The van der Waals surface area contributed by atoms with Crippen molar-refractivity contribution in [2.24, 2.45) is 5.73 Å². The van der Waals surface area contributed by atoms with Gasteiger partial charge in [0.1, 0.15) is 0 Å². The topological polar surface area (TPSA) is 59.2 Å². The molecule has 0 saturated carbocycles. The van der Waals surface area contributed by atoms with Crippen molar-refractivity contribution in [2.45, 2.75) is 12.3 Å². The number of nitrogens with zero attached hydrogens (tertiary/aromatic N) is 2. The summed E-state index contributed by atoms with van der Waals surface area (Å²) in [5, 5.41) is 1.18. The van der Waals surface area contributed by atoms with Crippen LogP contribution >= 0.6 is 11.3 Å². The van der Waals surface area contributed by atoms with Crippen LogP contribution in [-0.2, 0) is 4.79 Å². The highest BCUT2D eigenvalue weighted by atomic mass is 32.1. The van der Waals surface area contributed by atoms with E-state index in [-0.39, 0.29) is 5.91 Å². The second-order valence-corrected chi connectivity index (χ2v) is 5.77. The van der Waals surface area contributed by atoms with Gasteiger partial charge in [-0.25, -0.2) is 4.98 Å². The molecule has 0 bridgehead atoms. The van der Waals surface area contributed by atoms with Crippen LogP contribution in [0.5, 0.6) is 0 Å². The number of carbonyl (C=O) groups excluding carboxylic acids is 1. The largest absolute Gasteiger partial charge is 0.369 e. The van der Waals surface area contributed by atoms with E-state index in [0.717, 1.165) is 25.0 Å². The molecule has 1 fully saturated rings. The van der Waals surface area contributed by atoms with Crippen molar-refractivity contribution in [1.82, 2.24) is 9.88 Å². The fraction of sp³-hybridized carbons (Fsp3) is 0.385. The summed E-state index contributed by atoms with van der Waals surface area (Å²) in [6.45, 7) is 2.19. The smallest absolute Gasteiger partial charge is 0.231 e. The first-order valence-corrected chi connectivity index (χ1v) is 6.90. The van der Waals surface area contributed by atoms with E-state index in [0.29, 0.717) is 12.5 Å². The molecule has 1 amide bonds. The zero-order valence-electron chi connectivity index (χ0n) is 10.0. The summed E-state index contributed by atoms with van der Waals surface area (Å²) < 4.78 is 1.24. The highest BCUT2D eigenvalue weighted by molar-refractivity contribution is 7.18. The number of hydrogen-bond acceptors (Lipinski definition) is 4. The van der Waals surface area contributed by atoms with Crippen molar-refractivity contribution < 1.29 is 4.79 Å². The van der Waals surface area contributed by atoms with Crippen molar-refractivity contribution in [1.29, 1.82) is 0 Å². The lowest BCUT2D eigenvalue weighted by molar-refractivity contribution is -0.118. The van der Waals surface area contributed by atoms with Crippen LogP contribution in [0.15, 0.2) is 24.3 Å². The number of hydrogen-bond donors (Lipinski definition) is 1. The van der Waals surface area contributed by atoms with E-state index in [2.05, 4.69) is 16.0 Å². The Morgan fingerprint density at radius 3 is 3.11 bits per heavy atom. The third-order valence-corrected chi connectivity index (χ3v) is 4.51. The van der Waals surface area contributed by atoms with Gasteiger partial charge in [-0.2, -0.15) is 0 Å². The maximum absolute atomic E-state index is 10.9. The number of rotatable bonds is 3. The van der Waals surface area contributed by atoms with Gasteiger partial charge in [0.15, 0.2) is 0 Å². The molecule has 94 valence electrons. The minimum Gasteiger partial charge on any atom is -0.369 e. The number of carbonyl (C=O) groups is 1. The van der Waals surface area contributed by atoms with Gasteiger partial charge in [-0.15, -0.1) is 11.3 Å². The molecule has 1 saturated heterocycles. The van der Waals surface area contributed by atoms with Gasteiger partial charge in [0.05, 0.1) is 21.8 Å². The Hall–Kier alpha value is -1.46. The molecule has 1 aliphatic heterocycles. The lowest BCUT2D eigenvalue weighted by atomic mass is 10.1. The molecule has 4 nitrogen and oxygen atoms in total. The van der Waals surface area contributed by atoms with Crippen LogP contribution in [0.2, 0.25) is 0 Å². The molecular formula is C13H15N3OS. The number of benzene rings is 1. The van der Waals surface area contributed by atoms with Gasteiger partial charge in [0.25, 0.3) is 0 Å². The number of para-hydroxylation sites is 1. The van der Waals surface area contributed by atoms with Crippen molar-refractivity contribution in [3.05, 3.63) is 29.3 Å². The first kappa shape index (κ1) is 11.6. The molecule has 1 aromatic heterocycles. The SMILES string of the molecule is NC(=O)CN1CCC(c2nc3ccccc3s2)C1. The number of primary amides is 1. The fourth-order valence-corrected chi connectivity index (χ4v) is 3.56.